The number of aromatic amines is 1. The molecule has 3 aromatic rings. The second-order valence-corrected chi connectivity index (χ2v) is 6.10. The third kappa shape index (κ3) is 2.44. The molecule has 0 spiro atoms. The van der Waals surface area contributed by atoms with Gasteiger partial charge in [-0.2, -0.15) is 0 Å². The van der Waals surface area contributed by atoms with E-state index in [1.165, 1.54) is 4.57 Å². The van der Waals surface area contributed by atoms with E-state index in [4.69, 9.17) is 0 Å². The standard InChI is InChI=1S/C18H15N3O4/c22-16-14-13(17(23)24)11-7-4-8-12(11)19-15(14)21(18(25)20-16)9-10-5-2-1-3-6-10/h1-3,5-6H,4,7-9H2,(H,23,24)(H,20,22,25). The van der Waals surface area contributed by atoms with Gasteiger partial charge in [0.15, 0.2) is 5.65 Å². The maximum Gasteiger partial charge on any atom is 0.336 e. The van der Waals surface area contributed by atoms with Crippen LogP contribution in [0.2, 0.25) is 0 Å². The van der Waals surface area contributed by atoms with E-state index in [-0.39, 0.29) is 23.1 Å². The van der Waals surface area contributed by atoms with Gasteiger partial charge in [-0.05, 0) is 30.4 Å². The first kappa shape index (κ1) is 15.3. The Morgan fingerprint density at radius 3 is 2.68 bits per heavy atom. The topological polar surface area (TPSA) is 105 Å². The highest BCUT2D eigenvalue weighted by Gasteiger charge is 2.27. The number of pyridine rings is 1. The van der Waals surface area contributed by atoms with Crippen molar-refractivity contribution in [3.63, 3.8) is 0 Å². The minimum atomic E-state index is -1.17. The number of rotatable bonds is 3. The summed E-state index contributed by atoms with van der Waals surface area (Å²) in [4.78, 5) is 43.3. The van der Waals surface area contributed by atoms with Crippen LogP contribution in [-0.2, 0) is 19.4 Å². The Morgan fingerprint density at radius 2 is 1.96 bits per heavy atom. The van der Waals surface area contributed by atoms with E-state index in [1.807, 2.05) is 30.3 Å². The number of hydrogen-bond donors (Lipinski definition) is 2. The number of aryl methyl sites for hydroxylation is 1. The smallest absolute Gasteiger partial charge is 0.336 e. The molecule has 1 aliphatic rings. The number of carbonyl (C=O) groups is 1. The number of benzene rings is 1. The van der Waals surface area contributed by atoms with Crippen molar-refractivity contribution in [1.29, 1.82) is 0 Å². The van der Waals surface area contributed by atoms with Crippen LogP contribution < -0.4 is 11.2 Å². The Morgan fingerprint density at radius 1 is 1.20 bits per heavy atom. The molecule has 0 saturated carbocycles. The third-order valence-corrected chi connectivity index (χ3v) is 4.55. The predicted molar refractivity (Wildman–Crippen MR) is 91.2 cm³/mol. The molecule has 0 saturated heterocycles. The lowest BCUT2D eigenvalue weighted by molar-refractivity contribution is 0.0697. The molecule has 2 heterocycles. The van der Waals surface area contributed by atoms with Gasteiger partial charge in [-0.1, -0.05) is 30.3 Å². The second-order valence-electron chi connectivity index (χ2n) is 6.10. The van der Waals surface area contributed by atoms with Gasteiger partial charge < -0.3 is 5.11 Å². The van der Waals surface area contributed by atoms with E-state index < -0.39 is 17.2 Å². The molecular weight excluding hydrogens is 322 g/mol. The van der Waals surface area contributed by atoms with E-state index in [0.29, 0.717) is 24.1 Å². The number of aromatic nitrogens is 3. The Balaban J connectivity index is 2.08. The fourth-order valence-electron chi connectivity index (χ4n) is 3.45. The van der Waals surface area contributed by atoms with Gasteiger partial charge in [-0.3, -0.25) is 14.3 Å². The normalized spacial score (nSPS) is 13.1. The van der Waals surface area contributed by atoms with Crippen LogP contribution in [0, 0.1) is 0 Å². The summed E-state index contributed by atoms with van der Waals surface area (Å²) in [5, 5.41) is 9.63. The lowest BCUT2D eigenvalue weighted by Gasteiger charge is -2.13. The van der Waals surface area contributed by atoms with Gasteiger partial charge in [0.25, 0.3) is 5.56 Å². The number of aromatic carboxylic acids is 1. The highest BCUT2D eigenvalue weighted by atomic mass is 16.4. The summed E-state index contributed by atoms with van der Waals surface area (Å²) in [6, 6.07) is 9.28. The number of hydrogen-bond acceptors (Lipinski definition) is 4. The van der Waals surface area contributed by atoms with E-state index in [9.17, 15) is 19.5 Å². The zero-order valence-corrected chi connectivity index (χ0v) is 13.3. The molecule has 0 fully saturated rings. The van der Waals surface area contributed by atoms with Crippen molar-refractivity contribution in [3.8, 4) is 0 Å². The zero-order valence-electron chi connectivity index (χ0n) is 13.3. The molecule has 1 aliphatic carbocycles. The van der Waals surface area contributed by atoms with Gasteiger partial charge in [0, 0.05) is 5.69 Å². The monoisotopic (exact) mass is 337 g/mol. The van der Waals surface area contributed by atoms with E-state index in [2.05, 4.69) is 9.97 Å². The van der Waals surface area contributed by atoms with Crippen LogP contribution in [0.25, 0.3) is 11.0 Å². The fourth-order valence-corrected chi connectivity index (χ4v) is 3.45. The molecule has 126 valence electrons. The maximum atomic E-state index is 12.4. The third-order valence-electron chi connectivity index (χ3n) is 4.55. The van der Waals surface area contributed by atoms with Crippen molar-refractivity contribution in [2.45, 2.75) is 25.8 Å². The molecule has 7 nitrogen and oxygen atoms in total. The van der Waals surface area contributed by atoms with Crippen LogP contribution in [0.15, 0.2) is 39.9 Å². The van der Waals surface area contributed by atoms with Gasteiger partial charge in [-0.25, -0.2) is 14.6 Å². The average Bonchev–Trinajstić information content (AvgIpc) is 3.05. The fraction of sp³-hybridized carbons (Fsp3) is 0.222. The molecule has 2 aromatic heterocycles. The number of nitrogens with zero attached hydrogens (tertiary/aromatic N) is 2. The molecule has 7 heteroatoms. The van der Waals surface area contributed by atoms with Crippen molar-refractivity contribution in [3.05, 3.63) is 73.6 Å². The summed E-state index contributed by atoms with van der Waals surface area (Å²) in [5.41, 5.74) is 0.938. The van der Waals surface area contributed by atoms with Crippen LogP contribution >= 0.6 is 0 Å². The molecule has 1 aromatic carbocycles. The van der Waals surface area contributed by atoms with E-state index in [0.717, 1.165) is 12.0 Å². The van der Waals surface area contributed by atoms with Gasteiger partial charge in [0.05, 0.1) is 17.5 Å². The molecule has 0 aliphatic heterocycles. The van der Waals surface area contributed by atoms with Gasteiger partial charge in [0.2, 0.25) is 0 Å². The summed E-state index contributed by atoms with van der Waals surface area (Å²) < 4.78 is 1.33. The van der Waals surface area contributed by atoms with Crippen LogP contribution in [0.4, 0.5) is 0 Å². The summed E-state index contributed by atoms with van der Waals surface area (Å²) >= 11 is 0. The summed E-state index contributed by atoms with van der Waals surface area (Å²) in [5.74, 6) is -1.17. The van der Waals surface area contributed by atoms with Gasteiger partial charge in [-0.15, -0.1) is 0 Å². The largest absolute Gasteiger partial charge is 0.478 e. The average molecular weight is 337 g/mol. The Bertz CT molecular complexity index is 1110. The van der Waals surface area contributed by atoms with Crippen molar-refractivity contribution < 1.29 is 9.90 Å². The van der Waals surface area contributed by atoms with Crippen molar-refractivity contribution in [1.82, 2.24) is 14.5 Å². The number of carboxylic acid groups (broad SMARTS) is 1. The first-order valence-electron chi connectivity index (χ1n) is 8.02. The van der Waals surface area contributed by atoms with Crippen LogP contribution in [0.3, 0.4) is 0 Å². The first-order chi connectivity index (χ1) is 12.1. The molecule has 0 atom stereocenters. The number of carboxylic acids is 1. The molecule has 0 bridgehead atoms. The Kier molecular flexibility index (Phi) is 3.49. The van der Waals surface area contributed by atoms with Crippen molar-refractivity contribution >= 4 is 17.0 Å². The predicted octanol–water partition coefficient (Wildman–Crippen LogP) is 1.32. The SMILES string of the molecule is O=C(O)c1c2c(nc3c1c(=O)[nH]c(=O)n3Cc1ccccc1)CCC2. The first-order valence-corrected chi connectivity index (χ1v) is 8.02. The minimum Gasteiger partial charge on any atom is -0.478 e. The Labute approximate surface area is 141 Å². The lowest BCUT2D eigenvalue weighted by atomic mass is 10.0. The molecule has 0 radical (unpaired) electrons. The van der Waals surface area contributed by atoms with E-state index in [1.54, 1.807) is 0 Å². The molecular formula is C18H15N3O4. The van der Waals surface area contributed by atoms with Crippen LogP contribution in [-0.4, -0.2) is 25.6 Å². The summed E-state index contributed by atoms with van der Waals surface area (Å²) in [6.07, 6.45) is 2.02. The van der Waals surface area contributed by atoms with E-state index >= 15 is 0 Å². The van der Waals surface area contributed by atoms with Crippen molar-refractivity contribution in [2.24, 2.45) is 0 Å². The summed E-state index contributed by atoms with van der Waals surface area (Å²) in [6.45, 7) is 0.206. The highest BCUT2D eigenvalue weighted by Crippen LogP contribution is 2.28. The van der Waals surface area contributed by atoms with Crippen LogP contribution in [0.5, 0.6) is 0 Å². The molecule has 0 amide bonds. The Hall–Kier alpha value is -3.22. The minimum absolute atomic E-state index is 0.0244. The van der Waals surface area contributed by atoms with Gasteiger partial charge in [0.1, 0.15) is 0 Å². The second kappa shape index (κ2) is 5.70. The lowest BCUT2D eigenvalue weighted by Crippen LogP contribution is -2.32. The molecule has 0 unspecified atom stereocenters. The quantitative estimate of drug-likeness (QED) is 0.750. The molecule has 4 rings (SSSR count). The number of fused-ring (bicyclic) bond motifs is 2. The van der Waals surface area contributed by atoms with Crippen LogP contribution in [0.1, 0.15) is 33.6 Å². The van der Waals surface area contributed by atoms with Gasteiger partial charge >= 0.3 is 11.7 Å². The molecule has 25 heavy (non-hydrogen) atoms. The zero-order chi connectivity index (χ0) is 17.6. The number of H-pyrrole nitrogens is 1. The molecule has 2 N–H and O–H groups in total. The summed E-state index contributed by atoms with van der Waals surface area (Å²) in [7, 11) is 0. The van der Waals surface area contributed by atoms with Crippen molar-refractivity contribution in [2.75, 3.05) is 0 Å². The highest BCUT2D eigenvalue weighted by molar-refractivity contribution is 6.03. The number of nitrogens with one attached hydrogen (secondary N) is 1. The maximum absolute atomic E-state index is 12.4.